The molecule has 1 aromatic rings. The van der Waals surface area contributed by atoms with Gasteiger partial charge in [-0.25, -0.2) is 0 Å². The Kier molecular flexibility index (Phi) is 4.95. The highest BCUT2D eigenvalue weighted by Crippen LogP contribution is 2.21. The van der Waals surface area contributed by atoms with Gasteiger partial charge >= 0.3 is 0 Å². The van der Waals surface area contributed by atoms with Crippen molar-refractivity contribution in [2.24, 2.45) is 0 Å². The summed E-state index contributed by atoms with van der Waals surface area (Å²) in [5.74, 6) is 0. The second-order valence-corrected chi connectivity index (χ2v) is 4.51. The molecule has 0 saturated heterocycles. The fourth-order valence-electron chi connectivity index (χ4n) is 1.47. The van der Waals surface area contributed by atoms with E-state index in [9.17, 15) is 5.11 Å². The summed E-state index contributed by atoms with van der Waals surface area (Å²) in [6.45, 7) is 2.56. The number of nitriles is 1. The molecule has 5 heteroatoms. The summed E-state index contributed by atoms with van der Waals surface area (Å²) in [5.41, 5.74) is 6.65. The van der Waals surface area contributed by atoms with E-state index in [0.717, 1.165) is 0 Å². The van der Waals surface area contributed by atoms with Crippen LogP contribution in [0.1, 0.15) is 18.9 Å². The van der Waals surface area contributed by atoms with Gasteiger partial charge in [-0.1, -0.05) is 0 Å². The van der Waals surface area contributed by atoms with Gasteiger partial charge in [-0.3, -0.25) is 0 Å². The number of ether oxygens (including phenoxy) is 1. The zero-order valence-corrected chi connectivity index (χ0v) is 10.7. The topological polar surface area (TPSA) is 91.3 Å². The summed E-state index contributed by atoms with van der Waals surface area (Å²) in [5, 5.41) is 21.9. The molecule has 0 saturated carbocycles. The molecule has 0 bridgehead atoms. The summed E-state index contributed by atoms with van der Waals surface area (Å²) >= 11 is 0. The third-order valence-corrected chi connectivity index (χ3v) is 2.69. The van der Waals surface area contributed by atoms with Crippen LogP contribution in [-0.4, -0.2) is 31.0 Å². The third-order valence-electron chi connectivity index (χ3n) is 2.69. The van der Waals surface area contributed by atoms with Crippen molar-refractivity contribution in [3.63, 3.8) is 0 Å². The average molecular weight is 249 g/mol. The molecule has 98 valence electrons. The molecule has 1 unspecified atom stereocenters. The average Bonchev–Trinajstić information content (AvgIpc) is 2.35. The van der Waals surface area contributed by atoms with Gasteiger partial charge < -0.3 is 20.9 Å². The summed E-state index contributed by atoms with van der Waals surface area (Å²) in [6.07, 6.45) is 0.522. The molecule has 0 radical (unpaired) electrons. The first kappa shape index (κ1) is 14.3. The highest BCUT2D eigenvalue weighted by molar-refractivity contribution is 5.68. The van der Waals surface area contributed by atoms with Crippen LogP contribution in [0, 0.1) is 11.3 Å². The fraction of sp³-hybridized carbons (Fsp3) is 0.462. The van der Waals surface area contributed by atoms with Crippen LogP contribution in [0.15, 0.2) is 18.2 Å². The lowest BCUT2D eigenvalue weighted by atomic mass is 10.0. The second-order valence-electron chi connectivity index (χ2n) is 4.51. The summed E-state index contributed by atoms with van der Waals surface area (Å²) in [7, 11) is 1.60. The van der Waals surface area contributed by atoms with E-state index >= 15 is 0 Å². The summed E-state index contributed by atoms with van der Waals surface area (Å²) in [6, 6.07) is 7.04. The lowest BCUT2D eigenvalue weighted by Crippen LogP contribution is -2.34. The molecule has 0 heterocycles. The van der Waals surface area contributed by atoms with Gasteiger partial charge in [-0.2, -0.15) is 5.26 Å². The van der Waals surface area contributed by atoms with Crippen molar-refractivity contribution in [3.8, 4) is 6.07 Å². The highest BCUT2D eigenvalue weighted by Gasteiger charge is 2.19. The van der Waals surface area contributed by atoms with Gasteiger partial charge in [0.15, 0.2) is 0 Å². The van der Waals surface area contributed by atoms with E-state index in [0.29, 0.717) is 36.5 Å². The first-order valence-corrected chi connectivity index (χ1v) is 5.73. The van der Waals surface area contributed by atoms with Crippen molar-refractivity contribution in [1.82, 2.24) is 0 Å². The Labute approximate surface area is 107 Å². The number of rotatable bonds is 6. The van der Waals surface area contributed by atoms with Crippen LogP contribution < -0.4 is 11.1 Å². The molecule has 1 aromatic carbocycles. The molecule has 0 spiro atoms. The number of nitrogens with two attached hydrogens (primary N) is 1. The van der Waals surface area contributed by atoms with Gasteiger partial charge in [0, 0.05) is 26.7 Å². The van der Waals surface area contributed by atoms with Gasteiger partial charge in [-0.05, 0) is 25.1 Å². The lowest BCUT2D eigenvalue weighted by Gasteiger charge is -2.24. The van der Waals surface area contributed by atoms with Gasteiger partial charge in [-0.15, -0.1) is 0 Å². The molecular weight excluding hydrogens is 230 g/mol. The Morgan fingerprint density at radius 2 is 2.28 bits per heavy atom. The zero-order chi connectivity index (χ0) is 13.6. The van der Waals surface area contributed by atoms with E-state index < -0.39 is 5.60 Å². The van der Waals surface area contributed by atoms with Crippen LogP contribution in [0.5, 0.6) is 0 Å². The van der Waals surface area contributed by atoms with Gasteiger partial charge in [0.2, 0.25) is 0 Å². The largest absolute Gasteiger partial charge is 0.397 e. The van der Waals surface area contributed by atoms with Gasteiger partial charge in [0.25, 0.3) is 0 Å². The Bertz CT molecular complexity index is 438. The molecule has 0 aliphatic heterocycles. The summed E-state index contributed by atoms with van der Waals surface area (Å²) in [4.78, 5) is 0. The first-order chi connectivity index (χ1) is 8.48. The molecule has 18 heavy (non-hydrogen) atoms. The molecule has 0 aliphatic carbocycles. The Morgan fingerprint density at radius 1 is 1.56 bits per heavy atom. The number of anilines is 2. The van der Waals surface area contributed by atoms with Gasteiger partial charge in [0.05, 0.1) is 28.6 Å². The first-order valence-electron chi connectivity index (χ1n) is 5.73. The second kappa shape index (κ2) is 6.24. The number of nitrogens with one attached hydrogen (secondary N) is 1. The number of nitrogen functional groups attached to an aromatic ring is 1. The molecule has 0 aliphatic rings. The molecule has 5 nitrogen and oxygen atoms in total. The molecule has 0 amide bonds. The van der Waals surface area contributed by atoms with Crippen molar-refractivity contribution in [2.45, 2.75) is 18.9 Å². The number of methoxy groups -OCH3 is 1. The minimum Gasteiger partial charge on any atom is -0.397 e. The maximum atomic E-state index is 10.1. The predicted molar refractivity (Wildman–Crippen MR) is 71.2 cm³/mol. The van der Waals surface area contributed by atoms with E-state index in [2.05, 4.69) is 5.32 Å². The minimum atomic E-state index is -0.884. The maximum Gasteiger partial charge on any atom is 0.0992 e. The van der Waals surface area contributed by atoms with Crippen LogP contribution in [0.4, 0.5) is 11.4 Å². The van der Waals surface area contributed by atoms with Crippen LogP contribution in [0.3, 0.4) is 0 Å². The van der Waals surface area contributed by atoms with Crippen LogP contribution in [0.25, 0.3) is 0 Å². The van der Waals surface area contributed by atoms with E-state index in [-0.39, 0.29) is 0 Å². The Morgan fingerprint density at radius 3 is 2.89 bits per heavy atom. The standard InChI is InChI=1S/C13H19N3O2/c1-13(17,5-6-18-2)9-16-12-7-10(8-14)3-4-11(12)15/h3-4,7,16-17H,5-6,9,15H2,1-2H3. The Balaban J connectivity index is 2.65. The summed E-state index contributed by atoms with van der Waals surface area (Å²) < 4.78 is 4.93. The smallest absolute Gasteiger partial charge is 0.0992 e. The predicted octanol–water partition coefficient (Wildman–Crippen LogP) is 1.34. The van der Waals surface area contributed by atoms with Crippen molar-refractivity contribution in [1.29, 1.82) is 5.26 Å². The number of benzene rings is 1. The van der Waals surface area contributed by atoms with Gasteiger partial charge in [0.1, 0.15) is 0 Å². The molecule has 0 aromatic heterocycles. The van der Waals surface area contributed by atoms with Crippen molar-refractivity contribution in [2.75, 3.05) is 31.3 Å². The van der Waals surface area contributed by atoms with Crippen LogP contribution >= 0.6 is 0 Å². The van der Waals surface area contributed by atoms with Crippen molar-refractivity contribution < 1.29 is 9.84 Å². The number of hydrogen-bond acceptors (Lipinski definition) is 5. The third kappa shape index (κ3) is 4.24. The molecule has 1 rings (SSSR count). The SMILES string of the molecule is COCCC(C)(O)CNc1cc(C#N)ccc1N. The highest BCUT2D eigenvalue weighted by atomic mass is 16.5. The molecule has 0 fully saturated rings. The monoisotopic (exact) mass is 249 g/mol. The maximum absolute atomic E-state index is 10.1. The molecule has 4 N–H and O–H groups in total. The minimum absolute atomic E-state index is 0.343. The molecule has 1 atom stereocenters. The lowest BCUT2D eigenvalue weighted by molar-refractivity contribution is 0.0358. The van der Waals surface area contributed by atoms with E-state index in [1.165, 1.54) is 0 Å². The van der Waals surface area contributed by atoms with Crippen molar-refractivity contribution in [3.05, 3.63) is 23.8 Å². The van der Waals surface area contributed by atoms with Crippen LogP contribution in [-0.2, 0) is 4.74 Å². The normalized spacial score (nSPS) is 13.7. The Hall–Kier alpha value is -1.77. The van der Waals surface area contributed by atoms with Crippen LogP contribution in [0.2, 0.25) is 0 Å². The van der Waals surface area contributed by atoms with E-state index in [1.807, 2.05) is 6.07 Å². The number of nitrogens with zero attached hydrogens (tertiary/aromatic N) is 1. The number of hydrogen-bond donors (Lipinski definition) is 3. The van der Waals surface area contributed by atoms with E-state index in [4.69, 9.17) is 15.7 Å². The quantitative estimate of drug-likeness (QED) is 0.662. The fourth-order valence-corrected chi connectivity index (χ4v) is 1.47. The molecular formula is C13H19N3O2. The zero-order valence-electron chi connectivity index (χ0n) is 10.7. The number of aliphatic hydroxyl groups is 1. The van der Waals surface area contributed by atoms with Crippen molar-refractivity contribution >= 4 is 11.4 Å². The van der Waals surface area contributed by atoms with E-state index in [1.54, 1.807) is 32.2 Å².